The summed E-state index contributed by atoms with van der Waals surface area (Å²) in [7, 11) is 0. The van der Waals surface area contributed by atoms with Crippen molar-refractivity contribution in [1.82, 2.24) is 5.32 Å². The number of carbonyl (C=O) groups is 3. The van der Waals surface area contributed by atoms with Crippen LogP contribution in [0.25, 0.3) is 0 Å². The highest BCUT2D eigenvalue weighted by atomic mass is 16.6. The maximum absolute atomic E-state index is 12.0. The second-order valence-corrected chi connectivity index (χ2v) is 6.44. The van der Waals surface area contributed by atoms with Gasteiger partial charge in [0.25, 0.3) is 0 Å². The Bertz CT molecular complexity index is 817. The van der Waals surface area contributed by atoms with Gasteiger partial charge in [-0.05, 0) is 42.5 Å². The summed E-state index contributed by atoms with van der Waals surface area (Å²) in [6.07, 6.45) is 3.17. The Morgan fingerprint density at radius 2 is 1.50 bits per heavy atom. The van der Waals surface area contributed by atoms with Gasteiger partial charge in [0, 0.05) is 26.8 Å². The molecule has 0 aliphatic carbocycles. The van der Waals surface area contributed by atoms with Gasteiger partial charge >= 0.3 is 11.9 Å². The van der Waals surface area contributed by atoms with E-state index in [-0.39, 0.29) is 17.4 Å². The lowest BCUT2D eigenvalue weighted by Crippen LogP contribution is -2.22. The van der Waals surface area contributed by atoms with Crippen LogP contribution in [0.2, 0.25) is 0 Å². The maximum Gasteiger partial charge on any atom is 0.308 e. The maximum atomic E-state index is 12.0. The van der Waals surface area contributed by atoms with Crippen molar-refractivity contribution in [2.24, 2.45) is 0 Å². The van der Waals surface area contributed by atoms with Gasteiger partial charge in [0.1, 0.15) is 0 Å². The van der Waals surface area contributed by atoms with Gasteiger partial charge in [0.2, 0.25) is 5.91 Å². The molecule has 2 aromatic rings. The number of carbonyl (C=O) groups excluding carboxylic acids is 3. The predicted molar refractivity (Wildman–Crippen MR) is 105 cm³/mol. The lowest BCUT2D eigenvalue weighted by atomic mass is 10.1. The highest BCUT2D eigenvalue weighted by Gasteiger charge is 2.12. The summed E-state index contributed by atoms with van der Waals surface area (Å²) in [4.78, 5) is 34.4. The molecule has 0 saturated carbocycles. The molecular formula is C22H25NO5. The number of aryl methyl sites for hydroxylation is 1. The van der Waals surface area contributed by atoms with Gasteiger partial charge < -0.3 is 14.8 Å². The smallest absolute Gasteiger partial charge is 0.308 e. The van der Waals surface area contributed by atoms with Gasteiger partial charge in [0.15, 0.2) is 11.5 Å². The van der Waals surface area contributed by atoms with Gasteiger partial charge in [-0.2, -0.15) is 0 Å². The predicted octanol–water partition coefficient (Wildman–Crippen LogP) is 3.57. The Hall–Kier alpha value is -3.15. The van der Waals surface area contributed by atoms with E-state index in [4.69, 9.17) is 9.47 Å². The lowest BCUT2D eigenvalue weighted by Gasteiger charge is -2.11. The fraction of sp³-hybridized carbons (Fsp3) is 0.318. The number of nitrogens with one attached hydrogen (secondary N) is 1. The molecule has 0 radical (unpaired) electrons. The number of rotatable bonds is 9. The normalized spacial score (nSPS) is 10.2. The first-order valence-electron chi connectivity index (χ1n) is 9.24. The minimum absolute atomic E-state index is 0.0360. The van der Waals surface area contributed by atoms with E-state index in [1.165, 1.54) is 19.4 Å². The Morgan fingerprint density at radius 3 is 2.18 bits per heavy atom. The van der Waals surface area contributed by atoms with Gasteiger partial charge in [-0.3, -0.25) is 14.4 Å². The van der Waals surface area contributed by atoms with Crippen molar-refractivity contribution < 1.29 is 23.9 Å². The number of hydrogen-bond donors (Lipinski definition) is 1. The SMILES string of the molecule is CC(=O)Oc1ccc(CNC(=O)CCCCc2ccccc2)cc1OC(C)=O. The summed E-state index contributed by atoms with van der Waals surface area (Å²) in [5.74, 6) is -0.750. The molecule has 0 atom stereocenters. The molecule has 28 heavy (non-hydrogen) atoms. The minimum Gasteiger partial charge on any atom is -0.423 e. The highest BCUT2D eigenvalue weighted by Crippen LogP contribution is 2.28. The highest BCUT2D eigenvalue weighted by molar-refractivity contribution is 5.76. The summed E-state index contributed by atoms with van der Waals surface area (Å²) in [5, 5.41) is 2.85. The van der Waals surface area contributed by atoms with Crippen molar-refractivity contribution in [3.63, 3.8) is 0 Å². The van der Waals surface area contributed by atoms with Crippen molar-refractivity contribution in [2.45, 2.75) is 46.1 Å². The van der Waals surface area contributed by atoms with Crippen molar-refractivity contribution >= 4 is 17.8 Å². The third kappa shape index (κ3) is 7.61. The molecule has 0 fully saturated rings. The van der Waals surface area contributed by atoms with E-state index < -0.39 is 11.9 Å². The average Bonchev–Trinajstić information content (AvgIpc) is 2.65. The fourth-order valence-corrected chi connectivity index (χ4v) is 2.68. The number of esters is 2. The number of unbranched alkanes of at least 4 members (excludes halogenated alkanes) is 1. The largest absolute Gasteiger partial charge is 0.423 e. The average molecular weight is 383 g/mol. The molecule has 1 amide bonds. The summed E-state index contributed by atoms with van der Waals surface area (Å²) >= 11 is 0. The molecular weight excluding hydrogens is 358 g/mol. The van der Waals surface area contributed by atoms with E-state index in [0.29, 0.717) is 13.0 Å². The van der Waals surface area contributed by atoms with E-state index in [0.717, 1.165) is 24.8 Å². The molecule has 148 valence electrons. The fourth-order valence-electron chi connectivity index (χ4n) is 2.68. The van der Waals surface area contributed by atoms with Gasteiger partial charge in [-0.1, -0.05) is 36.4 Å². The molecule has 0 heterocycles. The van der Waals surface area contributed by atoms with Crippen molar-refractivity contribution in [2.75, 3.05) is 0 Å². The molecule has 1 N–H and O–H groups in total. The van der Waals surface area contributed by atoms with Gasteiger partial charge in [-0.15, -0.1) is 0 Å². The van der Waals surface area contributed by atoms with Crippen LogP contribution in [0.5, 0.6) is 11.5 Å². The molecule has 0 aliphatic heterocycles. The van der Waals surface area contributed by atoms with Crippen LogP contribution in [0, 0.1) is 0 Å². The quantitative estimate of drug-likeness (QED) is 0.407. The molecule has 0 bridgehead atoms. The van der Waals surface area contributed by atoms with Crippen LogP contribution in [0.4, 0.5) is 0 Å². The summed E-state index contributed by atoms with van der Waals surface area (Å²) in [6.45, 7) is 2.83. The Labute approximate surface area is 164 Å². The second-order valence-electron chi connectivity index (χ2n) is 6.44. The van der Waals surface area contributed by atoms with Crippen molar-refractivity contribution in [1.29, 1.82) is 0 Å². The molecule has 2 rings (SSSR count). The van der Waals surface area contributed by atoms with E-state index >= 15 is 0 Å². The van der Waals surface area contributed by atoms with E-state index in [2.05, 4.69) is 17.4 Å². The van der Waals surface area contributed by atoms with E-state index in [1.54, 1.807) is 18.2 Å². The molecule has 0 unspecified atom stereocenters. The zero-order chi connectivity index (χ0) is 20.4. The van der Waals surface area contributed by atoms with Crippen molar-refractivity contribution in [3.05, 3.63) is 59.7 Å². The van der Waals surface area contributed by atoms with Crippen LogP contribution >= 0.6 is 0 Å². The minimum atomic E-state index is -0.520. The number of benzene rings is 2. The van der Waals surface area contributed by atoms with Crippen LogP contribution in [-0.4, -0.2) is 17.8 Å². The molecule has 0 saturated heterocycles. The molecule has 6 heteroatoms. The first kappa shape index (κ1) is 21.2. The monoisotopic (exact) mass is 383 g/mol. The van der Waals surface area contributed by atoms with E-state index in [1.807, 2.05) is 18.2 Å². The van der Waals surface area contributed by atoms with Gasteiger partial charge in [-0.25, -0.2) is 0 Å². The van der Waals surface area contributed by atoms with Crippen LogP contribution in [-0.2, 0) is 27.3 Å². The summed E-state index contributed by atoms with van der Waals surface area (Å²) in [6, 6.07) is 15.0. The molecule has 2 aromatic carbocycles. The zero-order valence-corrected chi connectivity index (χ0v) is 16.2. The Kier molecular flexibility index (Phi) is 8.21. The van der Waals surface area contributed by atoms with Crippen LogP contribution in [0.1, 0.15) is 44.2 Å². The molecule has 0 spiro atoms. The van der Waals surface area contributed by atoms with Crippen LogP contribution in [0.3, 0.4) is 0 Å². The third-order valence-electron chi connectivity index (χ3n) is 3.97. The topological polar surface area (TPSA) is 81.7 Å². The standard InChI is InChI=1S/C22H25NO5/c1-16(24)27-20-13-12-19(14-21(20)28-17(2)25)15-23-22(26)11-7-6-10-18-8-4-3-5-9-18/h3-5,8-9,12-14H,6-7,10-11,15H2,1-2H3,(H,23,26). The molecule has 6 nitrogen and oxygen atoms in total. The van der Waals surface area contributed by atoms with Crippen LogP contribution in [0.15, 0.2) is 48.5 Å². The first-order chi connectivity index (χ1) is 13.4. The lowest BCUT2D eigenvalue weighted by molar-refractivity contribution is -0.134. The van der Waals surface area contributed by atoms with E-state index in [9.17, 15) is 14.4 Å². The third-order valence-corrected chi connectivity index (χ3v) is 3.97. The Balaban J connectivity index is 1.81. The van der Waals surface area contributed by atoms with Crippen molar-refractivity contribution in [3.8, 4) is 11.5 Å². The second kappa shape index (κ2) is 10.9. The number of hydrogen-bond acceptors (Lipinski definition) is 5. The Morgan fingerprint density at radius 1 is 0.821 bits per heavy atom. The first-order valence-corrected chi connectivity index (χ1v) is 9.24. The summed E-state index contributed by atoms with van der Waals surface area (Å²) < 4.78 is 10.1. The number of amides is 1. The summed E-state index contributed by atoms with van der Waals surface area (Å²) in [5.41, 5.74) is 2.01. The molecule has 0 aliphatic rings. The molecule has 0 aromatic heterocycles. The van der Waals surface area contributed by atoms with Gasteiger partial charge in [0.05, 0.1) is 0 Å². The van der Waals surface area contributed by atoms with Crippen LogP contribution < -0.4 is 14.8 Å². The number of ether oxygens (including phenoxy) is 2. The zero-order valence-electron chi connectivity index (χ0n) is 16.2.